The minimum Gasteiger partial charge on any atom is -0.373 e. The first-order valence-corrected chi connectivity index (χ1v) is 8.80. The molecule has 23 heavy (non-hydrogen) atoms. The lowest BCUT2D eigenvalue weighted by Gasteiger charge is -2.34. The van der Waals surface area contributed by atoms with Crippen LogP contribution in [0.5, 0.6) is 0 Å². The first-order valence-electron chi connectivity index (χ1n) is 8.80. The van der Waals surface area contributed by atoms with Gasteiger partial charge in [0.1, 0.15) is 0 Å². The van der Waals surface area contributed by atoms with Crippen LogP contribution in [0.1, 0.15) is 36.5 Å². The largest absolute Gasteiger partial charge is 0.373 e. The molecule has 2 saturated heterocycles. The highest BCUT2D eigenvalue weighted by atomic mass is 16.5. The van der Waals surface area contributed by atoms with E-state index in [2.05, 4.69) is 41.4 Å². The number of benzene rings is 1. The number of amides is 1. The summed E-state index contributed by atoms with van der Waals surface area (Å²) in [6, 6.07) is 8.43. The van der Waals surface area contributed by atoms with Crippen molar-refractivity contribution in [1.82, 2.24) is 10.2 Å². The standard InChI is InChI=1S/C19H28N2O2/c1-14-5-7-16(8-6-14)18-17(4-3-11-23-18)19(22)21-10-9-15(13-21)12-20-2/h5-8,15,17-18,20H,3-4,9-13H2,1-2H3. The van der Waals surface area contributed by atoms with Gasteiger partial charge in [0.05, 0.1) is 12.0 Å². The molecule has 3 rings (SSSR count). The number of rotatable bonds is 4. The van der Waals surface area contributed by atoms with Crippen molar-refractivity contribution < 1.29 is 9.53 Å². The zero-order valence-corrected chi connectivity index (χ0v) is 14.3. The smallest absolute Gasteiger partial charge is 0.228 e. The highest BCUT2D eigenvalue weighted by Gasteiger charge is 2.37. The number of carbonyl (C=O) groups is 1. The van der Waals surface area contributed by atoms with Crippen LogP contribution in [0.2, 0.25) is 0 Å². The number of likely N-dealkylation sites (tertiary alicyclic amines) is 1. The summed E-state index contributed by atoms with van der Waals surface area (Å²) in [4.78, 5) is 15.1. The highest BCUT2D eigenvalue weighted by molar-refractivity contribution is 5.80. The molecule has 0 spiro atoms. The molecule has 1 amide bonds. The Balaban J connectivity index is 1.71. The van der Waals surface area contributed by atoms with E-state index in [9.17, 15) is 4.79 Å². The molecule has 0 aliphatic carbocycles. The monoisotopic (exact) mass is 316 g/mol. The third-order valence-electron chi connectivity index (χ3n) is 5.14. The molecule has 0 saturated carbocycles. The van der Waals surface area contributed by atoms with Crippen LogP contribution in [0, 0.1) is 18.8 Å². The van der Waals surface area contributed by atoms with Gasteiger partial charge >= 0.3 is 0 Å². The van der Waals surface area contributed by atoms with E-state index in [1.54, 1.807) is 0 Å². The average Bonchev–Trinajstić information content (AvgIpc) is 3.04. The minimum atomic E-state index is -0.0831. The molecule has 2 heterocycles. The summed E-state index contributed by atoms with van der Waals surface area (Å²) in [5.74, 6) is 0.847. The third kappa shape index (κ3) is 3.75. The van der Waals surface area contributed by atoms with E-state index in [1.807, 2.05) is 7.05 Å². The summed E-state index contributed by atoms with van der Waals surface area (Å²) in [7, 11) is 1.98. The van der Waals surface area contributed by atoms with Crippen molar-refractivity contribution in [2.24, 2.45) is 11.8 Å². The van der Waals surface area contributed by atoms with E-state index < -0.39 is 0 Å². The fourth-order valence-electron chi connectivity index (χ4n) is 3.84. The van der Waals surface area contributed by atoms with Crippen molar-refractivity contribution >= 4 is 5.91 Å². The molecule has 1 aromatic rings. The van der Waals surface area contributed by atoms with Crippen molar-refractivity contribution in [3.63, 3.8) is 0 Å². The Kier molecular flexibility index (Phi) is 5.34. The Morgan fingerprint density at radius 3 is 2.83 bits per heavy atom. The topological polar surface area (TPSA) is 41.6 Å². The summed E-state index contributed by atoms with van der Waals surface area (Å²) in [5, 5.41) is 3.23. The number of hydrogen-bond donors (Lipinski definition) is 1. The summed E-state index contributed by atoms with van der Waals surface area (Å²) < 4.78 is 6.01. The Bertz CT molecular complexity index is 529. The van der Waals surface area contributed by atoms with Gasteiger partial charge in [-0.2, -0.15) is 0 Å². The molecule has 3 unspecified atom stereocenters. The van der Waals surface area contributed by atoms with E-state index in [0.717, 1.165) is 51.1 Å². The van der Waals surface area contributed by atoms with Crippen LogP contribution >= 0.6 is 0 Å². The molecule has 2 fully saturated rings. The molecule has 1 aromatic carbocycles. The number of hydrogen-bond acceptors (Lipinski definition) is 3. The average molecular weight is 316 g/mol. The number of nitrogens with one attached hydrogen (secondary N) is 1. The number of ether oxygens (including phenoxy) is 1. The number of aryl methyl sites for hydroxylation is 1. The maximum atomic E-state index is 13.0. The van der Waals surface area contributed by atoms with Crippen LogP contribution in [-0.2, 0) is 9.53 Å². The van der Waals surface area contributed by atoms with Crippen LogP contribution in [0.3, 0.4) is 0 Å². The molecule has 0 radical (unpaired) electrons. The van der Waals surface area contributed by atoms with Crippen LogP contribution < -0.4 is 5.32 Å². The molecule has 126 valence electrons. The van der Waals surface area contributed by atoms with Crippen molar-refractivity contribution in [3.8, 4) is 0 Å². The van der Waals surface area contributed by atoms with E-state index in [-0.39, 0.29) is 17.9 Å². The van der Waals surface area contributed by atoms with Crippen LogP contribution in [0.25, 0.3) is 0 Å². The lowest BCUT2D eigenvalue weighted by molar-refractivity contribution is -0.144. The molecule has 0 bridgehead atoms. The molecule has 2 aliphatic rings. The summed E-state index contributed by atoms with van der Waals surface area (Å²) in [6.07, 6.45) is 2.94. The van der Waals surface area contributed by atoms with Gasteiger partial charge in [0, 0.05) is 19.7 Å². The van der Waals surface area contributed by atoms with Crippen LogP contribution in [0.4, 0.5) is 0 Å². The van der Waals surface area contributed by atoms with Crippen molar-refractivity contribution in [1.29, 1.82) is 0 Å². The maximum absolute atomic E-state index is 13.0. The fourth-order valence-corrected chi connectivity index (χ4v) is 3.84. The zero-order valence-electron chi connectivity index (χ0n) is 14.3. The predicted octanol–water partition coefficient (Wildman–Crippen LogP) is 2.53. The van der Waals surface area contributed by atoms with Gasteiger partial charge in [0.15, 0.2) is 0 Å². The van der Waals surface area contributed by atoms with E-state index in [0.29, 0.717) is 5.92 Å². The maximum Gasteiger partial charge on any atom is 0.228 e. The molecule has 4 nitrogen and oxygen atoms in total. The second-order valence-electron chi connectivity index (χ2n) is 6.95. The summed E-state index contributed by atoms with van der Waals surface area (Å²) in [5.41, 5.74) is 2.38. The normalized spacial score (nSPS) is 28.1. The van der Waals surface area contributed by atoms with E-state index >= 15 is 0 Å². The Labute approximate surface area is 139 Å². The van der Waals surface area contributed by atoms with Gasteiger partial charge in [-0.3, -0.25) is 4.79 Å². The molecule has 4 heteroatoms. The minimum absolute atomic E-state index is 0.0280. The highest BCUT2D eigenvalue weighted by Crippen LogP contribution is 2.36. The van der Waals surface area contributed by atoms with Gasteiger partial charge in [-0.25, -0.2) is 0 Å². The van der Waals surface area contributed by atoms with Gasteiger partial charge in [0.25, 0.3) is 0 Å². The molecule has 3 atom stereocenters. The third-order valence-corrected chi connectivity index (χ3v) is 5.14. The first kappa shape index (κ1) is 16.5. The molecule has 2 aliphatic heterocycles. The zero-order chi connectivity index (χ0) is 16.2. The van der Waals surface area contributed by atoms with E-state index in [1.165, 1.54) is 5.56 Å². The molecular weight excluding hydrogens is 288 g/mol. The van der Waals surface area contributed by atoms with Gasteiger partial charge in [-0.05, 0) is 51.3 Å². The molecule has 0 aromatic heterocycles. The lowest BCUT2D eigenvalue weighted by atomic mass is 9.88. The van der Waals surface area contributed by atoms with Crippen molar-refractivity contribution in [2.75, 3.05) is 33.3 Å². The van der Waals surface area contributed by atoms with E-state index in [4.69, 9.17) is 4.74 Å². The summed E-state index contributed by atoms with van der Waals surface area (Å²) in [6.45, 7) is 5.61. The Hall–Kier alpha value is -1.39. The van der Waals surface area contributed by atoms with Gasteiger partial charge in [-0.15, -0.1) is 0 Å². The predicted molar refractivity (Wildman–Crippen MR) is 91.2 cm³/mol. The Morgan fingerprint density at radius 1 is 1.30 bits per heavy atom. The van der Waals surface area contributed by atoms with Crippen molar-refractivity contribution in [3.05, 3.63) is 35.4 Å². The van der Waals surface area contributed by atoms with Gasteiger partial charge in [0.2, 0.25) is 5.91 Å². The fraction of sp³-hybridized carbons (Fsp3) is 0.632. The lowest BCUT2D eigenvalue weighted by Crippen LogP contribution is -2.40. The number of nitrogens with zero attached hydrogens (tertiary/aromatic N) is 1. The molecular formula is C19H28N2O2. The van der Waals surface area contributed by atoms with Crippen LogP contribution in [0.15, 0.2) is 24.3 Å². The van der Waals surface area contributed by atoms with Crippen molar-refractivity contribution in [2.45, 2.75) is 32.3 Å². The quantitative estimate of drug-likeness (QED) is 0.928. The van der Waals surface area contributed by atoms with Gasteiger partial charge < -0.3 is 15.0 Å². The first-order chi connectivity index (χ1) is 11.2. The second-order valence-corrected chi connectivity index (χ2v) is 6.95. The molecule has 1 N–H and O–H groups in total. The van der Waals surface area contributed by atoms with Crippen LogP contribution in [-0.4, -0.2) is 44.1 Å². The second kappa shape index (κ2) is 7.45. The number of carbonyl (C=O) groups excluding carboxylic acids is 1. The summed E-state index contributed by atoms with van der Waals surface area (Å²) >= 11 is 0. The van der Waals surface area contributed by atoms with Gasteiger partial charge in [-0.1, -0.05) is 29.8 Å². The Morgan fingerprint density at radius 2 is 2.09 bits per heavy atom. The SMILES string of the molecule is CNCC1CCN(C(=O)C2CCCOC2c2ccc(C)cc2)C1.